The second-order valence-electron chi connectivity index (χ2n) is 6.55. The highest BCUT2D eigenvalue weighted by atomic mass is 16.5. The number of hydrogen-bond acceptors (Lipinski definition) is 4. The van der Waals surface area contributed by atoms with Crippen molar-refractivity contribution in [3.05, 3.63) is 77.5 Å². The number of allylic oxidation sites excluding steroid dienone is 2. The maximum atomic E-state index is 11.6. The number of ether oxygens (including phenoxy) is 1. The minimum atomic E-state index is -0.360. The van der Waals surface area contributed by atoms with Crippen LogP contribution in [-0.2, 0) is 4.74 Å². The minimum absolute atomic E-state index is 0.360. The number of aliphatic imine (C=N–C) groups is 1. The number of carbonyl (C=O) groups excluding carboxylic acids is 1. The summed E-state index contributed by atoms with van der Waals surface area (Å²) in [6.07, 6.45) is 3.81. The van der Waals surface area contributed by atoms with E-state index >= 15 is 0 Å². The lowest BCUT2D eigenvalue weighted by Crippen LogP contribution is -2.05. The van der Waals surface area contributed by atoms with Crippen LogP contribution in [0.15, 0.2) is 71.4 Å². The summed E-state index contributed by atoms with van der Waals surface area (Å²) in [5, 5.41) is 0. The highest BCUT2D eigenvalue weighted by Gasteiger charge is 2.06. The van der Waals surface area contributed by atoms with Gasteiger partial charge >= 0.3 is 5.97 Å². The van der Waals surface area contributed by atoms with Crippen LogP contribution in [0.4, 0.5) is 5.69 Å². The zero-order valence-corrected chi connectivity index (χ0v) is 15.6. The molecular formula is C22H26N2O2. The summed E-state index contributed by atoms with van der Waals surface area (Å²) in [6.45, 7) is 4.37. The number of nitrogens with zero attached hydrogens (tertiary/aromatic N) is 1. The molecule has 4 nitrogen and oxygen atoms in total. The number of rotatable bonds is 7. The number of nitrogens with two attached hydrogens (primary N) is 1. The van der Waals surface area contributed by atoms with Gasteiger partial charge in [-0.05, 0) is 49.1 Å². The van der Waals surface area contributed by atoms with Crippen molar-refractivity contribution in [3.63, 3.8) is 0 Å². The molecule has 0 fully saturated rings. The van der Waals surface area contributed by atoms with Gasteiger partial charge in [0.1, 0.15) is 0 Å². The van der Waals surface area contributed by atoms with E-state index in [9.17, 15) is 4.79 Å². The van der Waals surface area contributed by atoms with Gasteiger partial charge in [0.25, 0.3) is 0 Å². The van der Waals surface area contributed by atoms with Crippen LogP contribution in [0.2, 0.25) is 0 Å². The van der Waals surface area contributed by atoms with Gasteiger partial charge in [-0.15, -0.1) is 0 Å². The molecule has 0 heterocycles. The summed E-state index contributed by atoms with van der Waals surface area (Å²) in [5.74, 6) is 0.242. The smallest absolute Gasteiger partial charge is 0.337 e. The summed E-state index contributed by atoms with van der Waals surface area (Å²) in [4.78, 5) is 16.3. The van der Waals surface area contributed by atoms with E-state index in [2.05, 4.69) is 13.8 Å². The molecule has 26 heavy (non-hydrogen) atoms. The molecule has 0 saturated heterocycles. The normalized spacial score (nSPS) is 12.3. The van der Waals surface area contributed by atoms with E-state index in [1.807, 2.05) is 36.4 Å². The quantitative estimate of drug-likeness (QED) is 0.572. The fourth-order valence-corrected chi connectivity index (χ4v) is 2.42. The molecule has 0 aliphatic rings. The summed E-state index contributed by atoms with van der Waals surface area (Å²) in [6, 6.07) is 16.9. The van der Waals surface area contributed by atoms with Gasteiger partial charge in [0.2, 0.25) is 0 Å². The molecule has 0 atom stereocenters. The Hall–Kier alpha value is -2.88. The van der Waals surface area contributed by atoms with Gasteiger partial charge < -0.3 is 10.5 Å². The molecule has 0 spiro atoms. The summed E-state index contributed by atoms with van der Waals surface area (Å²) >= 11 is 0. The van der Waals surface area contributed by atoms with Crippen molar-refractivity contribution >= 4 is 17.4 Å². The lowest BCUT2D eigenvalue weighted by Gasteiger charge is -2.08. The van der Waals surface area contributed by atoms with Gasteiger partial charge in [0.05, 0.1) is 24.1 Å². The number of esters is 1. The molecule has 0 amide bonds. The van der Waals surface area contributed by atoms with Crippen LogP contribution in [0.25, 0.3) is 0 Å². The Kier molecular flexibility index (Phi) is 7.15. The fourth-order valence-electron chi connectivity index (χ4n) is 2.42. The predicted octanol–water partition coefficient (Wildman–Crippen LogP) is 4.87. The van der Waals surface area contributed by atoms with Crippen LogP contribution >= 0.6 is 0 Å². The van der Waals surface area contributed by atoms with Crippen molar-refractivity contribution in [1.29, 1.82) is 0 Å². The van der Waals surface area contributed by atoms with Gasteiger partial charge in [-0.1, -0.05) is 44.2 Å². The van der Waals surface area contributed by atoms with Crippen LogP contribution in [0.3, 0.4) is 0 Å². The Morgan fingerprint density at radius 3 is 2.31 bits per heavy atom. The van der Waals surface area contributed by atoms with E-state index in [4.69, 9.17) is 15.5 Å². The molecule has 0 aliphatic carbocycles. The number of methoxy groups -OCH3 is 1. The highest BCUT2D eigenvalue weighted by molar-refractivity contribution is 6.10. The second kappa shape index (κ2) is 9.56. The predicted molar refractivity (Wildman–Crippen MR) is 107 cm³/mol. The van der Waals surface area contributed by atoms with Crippen molar-refractivity contribution in [3.8, 4) is 0 Å². The van der Waals surface area contributed by atoms with Crippen LogP contribution in [0, 0.1) is 5.92 Å². The van der Waals surface area contributed by atoms with Crippen molar-refractivity contribution in [1.82, 2.24) is 0 Å². The first-order valence-electron chi connectivity index (χ1n) is 8.78. The number of benzene rings is 2. The molecule has 0 saturated carbocycles. The Morgan fingerprint density at radius 1 is 1.08 bits per heavy atom. The van der Waals surface area contributed by atoms with E-state index in [0.717, 1.165) is 35.5 Å². The summed E-state index contributed by atoms with van der Waals surface area (Å²) < 4.78 is 4.72. The maximum absolute atomic E-state index is 11.6. The summed E-state index contributed by atoms with van der Waals surface area (Å²) in [7, 11) is 1.37. The highest BCUT2D eigenvalue weighted by Crippen LogP contribution is 2.18. The van der Waals surface area contributed by atoms with Gasteiger partial charge in [-0.3, -0.25) is 0 Å². The SMILES string of the molecule is COC(=O)c1ccc(N=C(/C=C(\N)CCC(C)C)c2ccccc2)cc1. The number of hydrogen-bond donors (Lipinski definition) is 1. The van der Waals surface area contributed by atoms with Crippen LogP contribution in [0.1, 0.15) is 42.6 Å². The topological polar surface area (TPSA) is 64.7 Å². The van der Waals surface area contributed by atoms with Gasteiger partial charge in [-0.25, -0.2) is 9.79 Å². The van der Waals surface area contributed by atoms with E-state index in [1.54, 1.807) is 24.3 Å². The van der Waals surface area contributed by atoms with Gasteiger partial charge in [0, 0.05) is 11.3 Å². The zero-order valence-electron chi connectivity index (χ0n) is 15.6. The first-order valence-corrected chi connectivity index (χ1v) is 8.78. The Morgan fingerprint density at radius 2 is 1.73 bits per heavy atom. The molecule has 2 aromatic carbocycles. The van der Waals surface area contributed by atoms with E-state index < -0.39 is 0 Å². The van der Waals surface area contributed by atoms with Crippen LogP contribution in [0.5, 0.6) is 0 Å². The molecule has 0 aliphatic heterocycles. The first kappa shape index (κ1) is 19.4. The lowest BCUT2D eigenvalue weighted by atomic mass is 10.0. The van der Waals surface area contributed by atoms with Crippen molar-refractivity contribution < 1.29 is 9.53 Å². The largest absolute Gasteiger partial charge is 0.465 e. The zero-order chi connectivity index (χ0) is 18.9. The average Bonchev–Trinajstić information content (AvgIpc) is 2.66. The molecule has 2 rings (SSSR count). The van der Waals surface area contributed by atoms with E-state index in [1.165, 1.54) is 7.11 Å². The molecule has 0 radical (unpaired) electrons. The van der Waals surface area contributed by atoms with Crippen LogP contribution in [-0.4, -0.2) is 18.8 Å². The van der Waals surface area contributed by atoms with Gasteiger partial charge in [-0.2, -0.15) is 0 Å². The Bertz CT molecular complexity index is 776. The average molecular weight is 350 g/mol. The Balaban J connectivity index is 2.33. The number of carbonyl (C=O) groups is 1. The lowest BCUT2D eigenvalue weighted by molar-refractivity contribution is 0.0601. The second-order valence-corrected chi connectivity index (χ2v) is 6.55. The molecule has 0 bridgehead atoms. The van der Waals surface area contributed by atoms with E-state index in [0.29, 0.717) is 11.5 Å². The van der Waals surface area contributed by atoms with E-state index in [-0.39, 0.29) is 5.97 Å². The fraction of sp³-hybridized carbons (Fsp3) is 0.273. The monoisotopic (exact) mass is 350 g/mol. The molecule has 136 valence electrons. The van der Waals surface area contributed by atoms with Crippen LogP contribution < -0.4 is 5.73 Å². The van der Waals surface area contributed by atoms with Crippen molar-refractivity contribution in [2.75, 3.05) is 7.11 Å². The molecular weight excluding hydrogens is 324 g/mol. The first-order chi connectivity index (χ1) is 12.5. The molecule has 0 unspecified atom stereocenters. The molecule has 4 heteroatoms. The molecule has 2 N–H and O–H groups in total. The third-order valence-corrected chi connectivity index (χ3v) is 3.94. The molecule has 0 aromatic heterocycles. The Labute approximate surface area is 155 Å². The standard InChI is InChI=1S/C22H26N2O2/c1-16(2)9-12-19(23)15-21(17-7-5-4-6-8-17)24-20-13-10-18(11-14-20)22(25)26-3/h4-8,10-11,13-16H,9,12,23H2,1-3H3/b19-15-,24-21?. The maximum Gasteiger partial charge on any atom is 0.337 e. The minimum Gasteiger partial charge on any atom is -0.465 e. The third kappa shape index (κ3) is 5.88. The van der Waals surface area contributed by atoms with Gasteiger partial charge in [0.15, 0.2) is 0 Å². The molecule has 2 aromatic rings. The summed E-state index contributed by atoms with van der Waals surface area (Å²) in [5.41, 5.74) is 10.1. The van der Waals surface area contributed by atoms with Crippen molar-refractivity contribution in [2.24, 2.45) is 16.6 Å². The van der Waals surface area contributed by atoms with Crippen molar-refractivity contribution in [2.45, 2.75) is 26.7 Å². The third-order valence-electron chi connectivity index (χ3n) is 3.94.